The number of anilines is 1. The number of likely N-dealkylation sites (tertiary alicyclic amines) is 1. The summed E-state index contributed by atoms with van der Waals surface area (Å²) in [5.74, 6) is 0.0851. The topological polar surface area (TPSA) is 61.9 Å². The minimum Gasteiger partial charge on any atom is -0.399 e. The third-order valence-corrected chi connectivity index (χ3v) is 4.84. The first-order valence-corrected chi connectivity index (χ1v) is 9.54. The number of nitrogens with zero attached hydrogens (tertiary/aromatic N) is 3. The lowest BCUT2D eigenvalue weighted by Gasteiger charge is -2.32. The number of carbonyl (C=O) groups excluding carboxylic acids is 1. The second-order valence-corrected chi connectivity index (χ2v) is 6.84. The molecule has 1 saturated heterocycles. The summed E-state index contributed by atoms with van der Waals surface area (Å²) in [5.41, 5.74) is 8.65. The molecule has 1 amide bonds. The van der Waals surface area contributed by atoms with Gasteiger partial charge < -0.3 is 15.5 Å². The van der Waals surface area contributed by atoms with Gasteiger partial charge >= 0.3 is 0 Å². The van der Waals surface area contributed by atoms with Crippen LogP contribution in [0, 0.1) is 0 Å². The number of likely N-dealkylation sites (N-methyl/N-ethyl adjacent to an activating group) is 1. The zero-order valence-corrected chi connectivity index (χ0v) is 16.3. The molecule has 2 N–H and O–H groups in total. The van der Waals surface area contributed by atoms with Crippen LogP contribution in [0.2, 0.25) is 0 Å². The van der Waals surface area contributed by atoms with Crippen molar-refractivity contribution in [3.8, 4) is 0 Å². The molecule has 0 bridgehead atoms. The number of nitrogen functional groups attached to an aromatic ring is 1. The predicted octanol–water partition coefficient (Wildman–Crippen LogP) is 3.29. The van der Waals surface area contributed by atoms with E-state index in [1.165, 1.54) is 12.8 Å². The van der Waals surface area contributed by atoms with E-state index < -0.39 is 0 Å². The average Bonchev–Trinajstić information content (AvgIpc) is 3.12. The Bertz CT molecular complexity index is 647. The molecule has 2 rings (SSSR count). The highest BCUT2D eigenvalue weighted by molar-refractivity contribution is 6.07. The molecule has 0 radical (unpaired) electrons. The summed E-state index contributed by atoms with van der Waals surface area (Å²) in [4.78, 5) is 21.7. The number of rotatable bonds is 8. The molecule has 0 spiro atoms. The van der Waals surface area contributed by atoms with Gasteiger partial charge in [0.05, 0.1) is 12.5 Å². The molecule has 1 aliphatic heterocycles. The molecule has 5 nitrogen and oxygen atoms in total. The lowest BCUT2D eigenvalue weighted by atomic mass is 10.0. The van der Waals surface area contributed by atoms with E-state index in [-0.39, 0.29) is 11.9 Å². The van der Waals surface area contributed by atoms with Crippen molar-refractivity contribution in [2.75, 3.05) is 39.0 Å². The Kier molecular flexibility index (Phi) is 7.85. The maximum absolute atomic E-state index is 12.9. The van der Waals surface area contributed by atoms with Crippen LogP contribution >= 0.6 is 0 Å². The Hall–Kier alpha value is -2.14. The second-order valence-electron chi connectivity index (χ2n) is 6.84. The molecule has 142 valence electrons. The number of amides is 1. The fourth-order valence-corrected chi connectivity index (χ4v) is 3.44. The smallest absolute Gasteiger partial charge is 0.228 e. The second kappa shape index (κ2) is 10.1. The highest BCUT2D eigenvalue weighted by Gasteiger charge is 2.26. The zero-order chi connectivity index (χ0) is 18.9. The minimum atomic E-state index is -0.00224. The Balaban J connectivity index is 2.19. The van der Waals surface area contributed by atoms with Crippen LogP contribution in [0.1, 0.15) is 44.7 Å². The molecule has 0 aromatic heterocycles. The largest absolute Gasteiger partial charge is 0.399 e. The highest BCUT2D eigenvalue weighted by atomic mass is 16.2. The van der Waals surface area contributed by atoms with Crippen LogP contribution in [0.3, 0.4) is 0 Å². The average molecular weight is 357 g/mol. The quantitative estimate of drug-likeness (QED) is 0.574. The van der Waals surface area contributed by atoms with Crippen molar-refractivity contribution in [1.29, 1.82) is 0 Å². The molecule has 5 heteroatoms. The summed E-state index contributed by atoms with van der Waals surface area (Å²) in [6, 6.07) is 7.89. The van der Waals surface area contributed by atoms with Gasteiger partial charge in [0.1, 0.15) is 0 Å². The van der Waals surface area contributed by atoms with Gasteiger partial charge in [-0.2, -0.15) is 0 Å². The van der Waals surface area contributed by atoms with Gasteiger partial charge in [0, 0.05) is 31.5 Å². The van der Waals surface area contributed by atoms with Gasteiger partial charge in [-0.15, -0.1) is 0 Å². The van der Waals surface area contributed by atoms with Gasteiger partial charge in [0.15, 0.2) is 0 Å². The summed E-state index contributed by atoms with van der Waals surface area (Å²) < 4.78 is 0. The normalized spacial score (nSPS) is 17.0. The van der Waals surface area contributed by atoms with Crippen molar-refractivity contribution in [2.24, 2.45) is 4.99 Å². The van der Waals surface area contributed by atoms with E-state index in [0.29, 0.717) is 13.0 Å². The van der Waals surface area contributed by atoms with Gasteiger partial charge in [0.2, 0.25) is 5.91 Å². The van der Waals surface area contributed by atoms with E-state index in [0.717, 1.165) is 36.6 Å². The number of nitrogens with two attached hydrogens (primary N) is 1. The Morgan fingerprint density at radius 1 is 1.38 bits per heavy atom. The summed E-state index contributed by atoms with van der Waals surface area (Å²) in [5, 5.41) is 0. The summed E-state index contributed by atoms with van der Waals surface area (Å²) in [6.07, 6.45) is 6.64. The molecule has 1 atom stereocenters. The Morgan fingerprint density at radius 2 is 2.12 bits per heavy atom. The molecule has 1 aliphatic rings. The van der Waals surface area contributed by atoms with Crippen LogP contribution in [0.4, 0.5) is 5.69 Å². The van der Waals surface area contributed by atoms with E-state index in [2.05, 4.69) is 16.0 Å². The monoisotopic (exact) mass is 356 g/mol. The molecular weight excluding hydrogens is 324 g/mol. The van der Waals surface area contributed by atoms with Crippen LogP contribution in [0.25, 0.3) is 0 Å². The van der Waals surface area contributed by atoms with Crippen LogP contribution in [0.5, 0.6) is 0 Å². The summed E-state index contributed by atoms with van der Waals surface area (Å²) in [6.45, 7) is 7.66. The number of aliphatic imine (C=N–C) groups is 1. The van der Waals surface area contributed by atoms with Crippen molar-refractivity contribution < 1.29 is 4.79 Å². The van der Waals surface area contributed by atoms with Crippen molar-refractivity contribution >= 4 is 17.3 Å². The SMILES string of the molecule is CC=CC(CC(=O)N(C)C(CN1CCCC1)c1cccc(N)c1)=NCC. The first kappa shape index (κ1) is 20.2. The Labute approximate surface area is 157 Å². The third-order valence-electron chi connectivity index (χ3n) is 4.84. The number of allylic oxidation sites excluding steroid dienone is 2. The van der Waals surface area contributed by atoms with E-state index in [4.69, 9.17) is 5.73 Å². The van der Waals surface area contributed by atoms with Crippen LogP contribution in [-0.4, -0.2) is 54.6 Å². The molecule has 1 aromatic carbocycles. The number of hydrogen-bond donors (Lipinski definition) is 1. The lowest BCUT2D eigenvalue weighted by Crippen LogP contribution is -2.39. The fourth-order valence-electron chi connectivity index (χ4n) is 3.44. The summed E-state index contributed by atoms with van der Waals surface area (Å²) in [7, 11) is 1.89. The van der Waals surface area contributed by atoms with Gasteiger partial charge in [-0.1, -0.05) is 18.2 Å². The van der Waals surface area contributed by atoms with Crippen molar-refractivity contribution in [2.45, 2.75) is 39.2 Å². The third kappa shape index (κ3) is 5.70. The van der Waals surface area contributed by atoms with E-state index in [1.807, 2.05) is 56.1 Å². The van der Waals surface area contributed by atoms with Gasteiger partial charge in [-0.3, -0.25) is 9.79 Å². The number of carbonyl (C=O) groups is 1. The van der Waals surface area contributed by atoms with Crippen LogP contribution in [0.15, 0.2) is 41.4 Å². The van der Waals surface area contributed by atoms with Gasteiger partial charge in [0.25, 0.3) is 0 Å². The lowest BCUT2D eigenvalue weighted by molar-refractivity contribution is -0.131. The molecule has 1 fully saturated rings. The van der Waals surface area contributed by atoms with Crippen LogP contribution < -0.4 is 5.73 Å². The Morgan fingerprint density at radius 3 is 2.73 bits per heavy atom. The van der Waals surface area contributed by atoms with E-state index in [9.17, 15) is 4.79 Å². The minimum absolute atomic E-state index is 0.00224. The van der Waals surface area contributed by atoms with Gasteiger partial charge in [-0.25, -0.2) is 0 Å². The van der Waals surface area contributed by atoms with E-state index in [1.54, 1.807) is 0 Å². The number of hydrogen-bond acceptors (Lipinski definition) is 4. The predicted molar refractivity (Wildman–Crippen MR) is 109 cm³/mol. The first-order chi connectivity index (χ1) is 12.5. The maximum Gasteiger partial charge on any atom is 0.228 e. The van der Waals surface area contributed by atoms with Gasteiger partial charge in [-0.05, 0) is 63.6 Å². The molecule has 1 heterocycles. The zero-order valence-electron chi connectivity index (χ0n) is 16.3. The highest BCUT2D eigenvalue weighted by Crippen LogP contribution is 2.25. The molecule has 0 saturated carbocycles. The van der Waals surface area contributed by atoms with Crippen molar-refractivity contribution in [1.82, 2.24) is 9.80 Å². The number of benzene rings is 1. The van der Waals surface area contributed by atoms with E-state index >= 15 is 0 Å². The summed E-state index contributed by atoms with van der Waals surface area (Å²) >= 11 is 0. The fraction of sp³-hybridized carbons (Fsp3) is 0.524. The molecular formula is C21H32N4O. The van der Waals surface area contributed by atoms with Crippen molar-refractivity contribution in [3.63, 3.8) is 0 Å². The standard InChI is InChI=1S/C21H32N4O/c1-4-9-19(23-5-2)15-21(26)24(3)20(16-25-12-6-7-13-25)17-10-8-11-18(22)14-17/h4,8-11,14,20H,5-7,12-13,15-16,22H2,1-3H3. The molecule has 1 aromatic rings. The first-order valence-electron chi connectivity index (χ1n) is 9.54. The molecule has 0 aliphatic carbocycles. The molecule has 26 heavy (non-hydrogen) atoms. The van der Waals surface area contributed by atoms with Crippen molar-refractivity contribution in [3.05, 3.63) is 42.0 Å². The molecule has 1 unspecified atom stereocenters. The maximum atomic E-state index is 12.9. The van der Waals surface area contributed by atoms with Crippen LogP contribution in [-0.2, 0) is 4.79 Å².